The Kier molecular flexibility index (Phi) is 3.85. The van der Waals surface area contributed by atoms with Crippen molar-refractivity contribution in [2.75, 3.05) is 6.61 Å². The lowest BCUT2D eigenvalue weighted by Crippen LogP contribution is -2.08. The van der Waals surface area contributed by atoms with Crippen LogP contribution in [0.1, 0.15) is 23.7 Å². The first kappa shape index (κ1) is 11.2. The molecule has 0 saturated carbocycles. The number of carbonyl (C=O) groups is 2. The normalized spacial score (nSPS) is 9.67. The van der Waals surface area contributed by atoms with E-state index in [4.69, 9.17) is 4.74 Å². The Morgan fingerprint density at radius 2 is 2.00 bits per heavy atom. The average molecular weight is 208 g/mol. The molecule has 0 amide bonds. The Balaban J connectivity index is 2.54. The number of ether oxygens (including phenoxy) is 1. The molecule has 0 fully saturated rings. The van der Waals surface area contributed by atoms with Gasteiger partial charge in [-0.05, 0) is 19.1 Å². The van der Waals surface area contributed by atoms with Gasteiger partial charge in [-0.3, -0.25) is 4.79 Å². The fraction of sp³-hybridized carbons (Fsp3) is 0.273. The first-order chi connectivity index (χ1) is 7.11. The maximum atomic E-state index is 11.4. The Morgan fingerprint density at radius 3 is 2.60 bits per heavy atom. The van der Waals surface area contributed by atoms with Crippen LogP contribution in [-0.4, -0.2) is 23.5 Å². The fourth-order valence-electron chi connectivity index (χ4n) is 1.01. The summed E-state index contributed by atoms with van der Waals surface area (Å²) in [4.78, 5) is 21.9. The van der Waals surface area contributed by atoms with Crippen LogP contribution in [0.25, 0.3) is 0 Å². The molecule has 1 N–H and O–H groups in total. The second kappa shape index (κ2) is 5.14. The number of hydrogen-bond acceptors (Lipinski definition) is 4. The van der Waals surface area contributed by atoms with E-state index in [1.165, 1.54) is 19.1 Å². The Morgan fingerprint density at radius 1 is 1.33 bits per heavy atom. The minimum atomic E-state index is -0.616. The van der Waals surface area contributed by atoms with Gasteiger partial charge in [0.1, 0.15) is 17.1 Å². The van der Waals surface area contributed by atoms with Gasteiger partial charge in [0.25, 0.3) is 0 Å². The van der Waals surface area contributed by atoms with Crippen LogP contribution >= 0.6 is 0 Å². The van der Waals surface area contributed by atoms with E-state index in [1.54, 1.807) is 12.1 Å². The van der Waals surface area contributed by atoms with Crippen molar-refractivity contribution in [2.45, 2.75) is 13.3 Å². The summed E-state index contributed by atoms with van der Waals surface area (Å²) < 4.78 is 4.80. The lowest BCUT2D eigenvalue weighted by atomic mass is 10.2. The van der Waals surface area contributed by atoms with Crippen LogP contribution in [0.15, 0.2) is 24.3 Å². The third-order valence-electron chi connectivity index (χ3n) is 1.81. The summed E-state index contributed by atoms with van der Waals surface area (Å²) in [5.74, 6) is -0.778. The van der Waals surface area contributed by atoms with Crippen molar-refractivity contribution in [3.8, 4) is 5.75 Å². The Hall–Kier alpha value is -1.84. The molecule has 0 unspecified atom stereocenters. The monoisotopic (exact) mass is 208 g/mol. The highest BCUT2D eigenvalue weighted by molar-refractivity contribution is 5.92. The van der Waals surface area contributed by atoms with Crippen molar-refractivity contribution < 1.29 is 19.4 Å². The van der Waals surface area contributed by atoms with E-state index in [0.29, 0.717) is 0 Å². The summed E-state index contributed by atoms with van der Waals surface area (Å²) in [7, 11) is 0. The van der Waals surface area contributed by atoms with Crippen LogP contribution in [0.5, 0.6) is 5.75 Å². The van der Waals surface area contributed by atoms with Crippen LogP contribution in [0, 0.1) is 0 Å². The summed E-state index contributed by atoms with van der Waals surface area (Å²) in [6, 6.07) is 6.11. The molecular formula is C11H12O4. The van der Waals surface area contributed by atoms with E-state index in [2.05, 4.69) is 0 Å². The van der Waals surface area contributed by atoms with E-state index < -0.39 is 5.97 Å². The molecule has 0 saturated heterocycles. The summed E-state index contributed by atoms with van der Waals surface area (Å²) in [5.41, 5.74) is 0.112. The zero-order valence-corrected chi connectivity index (χ0v) is 8.40. The molecule has 0 bridgehead atoms. The molecule has 0 atom stereocenters. The standard InChI is InChI=1S/C11H12O4/c1-8(12)6-7-15-11(14)9-4-2-3-5-10(9)13/h2-5,13H,6-7H2,1H3. The molecule has 1 rings (SSSR count). The molecule has 0 radical (unpaired) electrons. The molecular weight excluding hydrogens is 196 g/mol. The molecule has 0 aromatic heterocycles. The smallest absolute Gasteiger partial charge is 0.341 e. The number of phenols is 1. The number of para-hydroxylation sites is 1. The van der Waals surface area contributed by atoms with Gasteiger partial charge in [-0.25, -0.2) is 4.79 Å². The molecule has 0 heterocycles. The fourth-order valence-corrected chi connectivity index (χ4v) is 1.01. The molecule has 0 aliphatic heterocycles. The van der Waals surface area contributed by atoms with Crippen molar-refractivity contribution >= 4 is 11.8 Å². The zero-order valence-electron chi connectivity index (χ0n) is 8.40. The SMILES string of the molecule is CC(=O)CCOC(=O)c1ccccc1O. The van der Waals surface area contributed by atoms with Crippen molar-refractivity contribution in [3.63, 3.8) is 0 Å². The van der Waals surface area contributed by atoms with Gasteiger partial charge < -0.3 is 9.84 Å². The van der Waals surface area contributed by atoms with Crippen LogP contribution in [0.2, 0.25) is 0 Å². The van der Waals surface area contributed by atoms with E-state index in [9.17, 15) is 14.7 Å². The number of carbonyl (C=O) groups excluding carboxylic acids is 2. The predicted molar refractivity (Wildman–Crippen MR) is 53.7 cm³/mol. The predicted octanol–water partition coefficient (Wildman–Crippen LogP) is 1.53. The van der Waals surface area contributed by atoms with Gasteiger partial charge in [-0.2, -0.15) is 0 Å². The number of phenolic OH excluding ortho intramolecular Hbond substituents is 1. The van der Waals surface area contributed by atoms with E-state index in [0.717, 1.165) is 0 Å². The zero-order chi connectivity index (χ0) is 11.3. The topological polar surface area (TPSA) is 63.6 Å². The maximum Gasteiger partial charge on any atom is 0.341 e. The summed E-state index contributed by atoms with van der Waals surface area (Å²) in [6.07, 6.45) is 0.194. The minimum absolute atomic E-state index is 0.0416. The summed E-state index contributed by atoms with van der Waals surface area (Å²) in [5, 5.41) is 9.32. The first-order valence-corrected chi connectivity index (χ1v) is 4.56. The Labute approximate surface area is 87.5 Å². The van der Waals surface area contributed by atoms with Crippen LogP contribution < -0.4 is 0 Å². The lowest BCUT2D eigenvalue weighted by molar-refractivity contribution is -0.117. The van der Waals surface area contributed by atoms with Gasteiger partial charge in [-0.1, -0.05) is 12.1 Å². The molecule has 15 heavy (non-hydrogen) atoms. The summed E-state index contributed by atoms with van der Waals surface area (Å²) in [6.45, 7) is 1.47. The maximum absolute atomic E-state index is 11.4. The van der Waals surface area contributed by atoms with Gasteiger partial charge in [-0.15, -0.1) is 0 Å². The van der Waals surface area contributed by atoms with Crippen LogP contribution in [0.3, 0.4) is 0 Å². The van der Waals surface area contributed by atoms with Crippen molar-refractivity contribution in [1.29, 1.82) is 0 Å². The van der Waals surface area contributed by atoms with Crippen molar-refractivity contribution in [3.05, 3.63) is 29.8 Å². The second-order valence-electron chi connectivity index (χ2n) is 3.11. The van der Waals surface area contributed by atoms with E-state index >= 15 is 0 Å². The highest BCUT2D eigenvalue weighted by atomic mass is 16.5. The van der Waals surface area contributed by atoms with Gasteiger partial charge >= 0.3 is 5.97 Å². The van der Waals surface area contributed by atoms with Gasteiger partial charge in [0.15, 0.2) is 0 Å². The summed E-state index contributed by atoms with van der Waals surface area (Å²) >= 11 is 0. The quantitative estimate of drug-likeness (QED) is 0.762. The number of ketones is 1. The molecule has 0 spiro atoms. The molecule has 0 aliphatic rings. The highest BCUT2D eigenvalue weighted by Gasteiger charge is 2.11. The molecule has 4 nitrogen and oxygen atoms in total. The van der Waals surface area contributed by atoms with E-state index in [-0.39, 0.29) is 30.1 Å². The molecule has 1 aromatic rings. The molecule has 0 aliphatic carbocycles. The number of rotatable bonds is 4. The molecule has 1 aromatic carbocycles. The molecule has 80 valence electrons. The van der Waals surface area contributed by atoms with Crippen molar-refractivity contribution in [2.24, 2.45) is 0 Å². The highest BCUT2D eigenvalue weighted by Crippen LogP contribution is 2.16. The third-order valence-corrected chi connectivity index (χ3v) is 1.81. The van der Waals surface area contributed by atoms with Gasteiger partial charge in [0.05, 0.1) is 6.61 Å². The second-order valence-corrected chi connectivity index (χ2v) is 3.11. The van der Waals surface area contributed by atoms with Crippen LogP contribution in [-0.2, 0) is 9.53 Å². The van der Waals surface area contributed by atoms with Gasteiger partial charge in [0, 0.05) is 6.42 Å². The number of hydrogen-bond donors (Lipinski definition) is 1. The number of esters is 1. The van der Waals surface area contributed by atoms with Crippen molar-refractivity contribution in [1.82, 2.24) is 0 Å². The average Bonchev–Trinajstić information content (AvgIpc) is 2.17. The molecule has 4 heteroatoms. The van der Waals surface area contributed by atoms with Crippen LogP contribution in [0.4, 0.5) is 0 Å². The first-order valence-electron chi connectivity index (χ1n) is 4.56. The number of aromatic hydroxyl groups is 1. The van der Waals surface area contributed by atoms with Gasteiger partial charge in [0.2, 0.25) is 0 Å². The minimum Gasteiger partial charge on any atom is -0.507 e. The number of Topliss-reactive ketones (excluding diaryl/α,β-unsaturated/α-hetero) is 1. The number of benzene rings is 1. The van der Waals surface area contributed by atoms with E-state index in [1.807, 2.05) is 0 Å². The lowest BCUT2D eigenvalue weighted by Gasteiger charge is -2.04. The Bertz CT molecular complexity index is 371. The largest absolute Gasteiger partial charge is 0.507 e. The third kappa shape index (κ3) is 3.42.